The third-order valence-corrected chi connectivity index (χ3v) is 2.56. The Bertz CT molecular complexity index is 416. The first-order valence-corrected chi connectivity index (χ1v) is 4.96. The molecule has 86 valence electrons. The molecule has 0 radical (unpaired) electrons. The molecule has 0 saturated carbocycles. The lowest BCUT2D eigenvalue weighted by atomic mass is 10.1. The molecule has 1 saturated heterocycles. The molecule has 1 aliphatic heterocycles. The number of carbonyl (C=O) groups is 1. The summed E-state index contributed by atoms with van der Waals surface area (Å²) in [6.45, 7) is 0.547. The Labute approximate surface area is 91.3 Å². The second-order valence-corrected chi connectivity index (χ2v) is 3.87. The summed E-state index contributed by atoms with van der Waals surface area (Å²) in [6.07, 6.45) is -0.655. The van der Waals surface area contributed by atoms with Crippen molar-refractivity contribution in [2.24, 2.45) is 0 Å². The summed E-state index contributed by atoms with van der Waals surface area (Å²) in [5.41, 5.74) is 0.0476. The Kier molecular flexibility index (Phi) is 2.87. The zero-order valence-corrected chi connectivity index (χ0v) is 8.49. The number of hydrogen-bond donors (Lipinski definition) is 1. The first kappa shape index (κ1) is 11.0. The van der Waals surface area contributed by atoms with Crippen molar-refractivity contribution in [3.63, 3.8) is 0 Å². The van der Waals surface area contributed by atoms with Crippen LogP contribution in [0, 0.1) is 11.6 Å². The molecule has 16 heavy (non-hydrogen) atoms. The predicted octanol–water partition coefficient (Wildman–Crippen LogP) is 0.710. The van der Waals surface area contributed by atoms with Gasteiger partial charge in [-0.25, -0.2) is 8.78 Å². The van der Waals surface area contributed by atoms with E-state index in [0.29, 0.717) is 0 Å². The smallest absolute Gasteiger partial charge is 0.227 e. The number of carbonyl (C=O) groups excluding carboxylic acids is 1. The molecule has 1 N–H and O–H groups in total. The summed E-state index contributed by atoms with van der Waals surface area (Å²) in [4.78, 5) is 12.9. The monoisotopic (exact) mass is 227 g/mol. The fourth-order valence-electron chi connectivity index (χ4n) is 1.61. The number of hydrogen-bond acceptors (Lipinski definition) is 2. The lowest BCUT2D eigenvalue weighted by molar-refractivity contribution is -0.140. The molecule has 2 rings (SSSR count). The summed E-state index contributed by atoms with van der Waals surface area (Å²) in [7, 11) is 0. The Morgan fingerprint density at radius 2 is 2.12 bits per heavy atom. The van der Waals surface area contributed by atoms with Crippen LogP contribution in [0.2, 0.25) is 0 Å². The van der Waals surface area contributed by atoms with Gasteiger partial charge in [-0.3, -0.25) is 4.79 Å². The average molecular weight is 227 g/mol. The molecule has 0 aliphatic carbocycles. The normalized spacial score (nSPS) is 16.1. The van der Waals surface area contributed by atoms with Gasteiger partial charge in [-0.15, -0.1) is 0 Å². The van der Waals surface area contributed by atoms with Gasteiger partial charge in [0.05, 0.1) is 12.5 Å². The van der Waals surface area contributed by atoms with E-state index < -0.39 is 17.7 Å². The summed E-state index contributed by atoms with van der Waals surface area (Å²) in [5, 5.41) is 9.00. The van der Waals surface area contributed by atoms with Gasteiger partial charge in [-0.1, -0.05) is 0 Å². The van der Waals surface area contributed by atoms with Crippen LogP contribution in [-0.2, 0) is 11.2 Å². The number of aliphatic hydroxyl groups is 1. The molecule has 0 aromatic heterocycles. The SMILES string of the molecule is O=C(Cc1cc(F)ccc1F)N1CC(O)C1. The Hall–Kier alpha value is -1.49. The Morgan fingerprint density at radius 1 is 1.44 bits per heavy atom. The van der Waals surface area contributed by atoms with Crippen LogP contribution in [0.25, 0.3) is 0 Å². The fourth-order valence-corrected chi connectivity index (χ4v) is 1.61. The van der Waals surface area contributed by atoms with Gasteiger partial charge in [0, 0.05) is 18.7 Å². The molecule has 1 heterocycles. The van der Waals surface area contributed by atoms with Crippen LogP contribution in [-0.4, -0.2) is 35.1 Å². The minimum absolute atomic E-state index is 0.0476. The van der Waals surface area contributed by atoms with Crippen molar-refractivity contribution in [3.8, 4) is 0 Å². The first-order valence-electron chi connectivity index (χ1n) is 4.96. The summed E-state index contributed by atoms with van der Waals surface area (Å²) < 4.78 is 26.0. The van der Waals surface area contributed by atoms with E-state index in [-0.39, 0.29) is 31.0 Å². The molecular formula is C11H11F2NO2. The molecule has 5 heteroatoms. The molecular weight excluding hydrogens is 216 g/mol. The van der Waals surface area contributed by atoms with E-state index in [1.165, 1.54) is 4.90 Å². The van der Waals surface area contributed by atoms with Crippen molar-refractivity contribution in [3.05, 3.63) is 35.4 Å². The van der Waals surface area contributed by atoms with Gasteiger partial charge in [0.25, 0.3) is 0 Å². The maximum Gasteiger partial charge on any atom is 0.227 e. The first-order chi connectivity index (χ1) is 7.56. The van der Waals surface area contributed by atoms with Crippen LogP contribution in [0.3, 0.4) is 0 Å². The Balaban J connectivity index is 2.03. The molecule has 0 bridgehead atoms. The van der Waals surface area contributed by atoms with Gasteiger partial charge in [-0.05, 0) is 18.2 Å². The maximum absolute atomic E-state index is 13.2. The van der Waals surface area contributed by atoms with Crippen LogP contribution in [0.5, 0.6) is 0 Å². The van der Waals surface area contributed by atoms with E-state index in [1.807, 2.05) is 0 Å². The van der Waals surface area contributed by atoms with Crippen LogP contribution < -0.4 is 0 Å². The number of aliphatic hydroxyl groups excluding tert-OH is 1. The van der Waals surface area contributed by atoms with Gasteiger partial charge >= 0.3 is 0 Å². The number of rotatable bonds is 2. The highest BCUT2D eigenvalue weighted by atomic mass is 19.1. The van der Waals surface area contributed by atoms with Gasteiger partial charge in [0.15, 0.2) is 0 Å². The lowest BCUT2D eigenvalue weighted by Crippen LogP contribution is -2.54. The molecule has 0 atom stereocenters. The topological polar surface area (TPSA) is 40.5 Å². The second-order valence-electron chi connectivity index (χ2n) is 3.87. The van der Waals surface area contributed by atoms with Gasteiger partial charge in [0.1, 0.15) is 11.6 Å². The van der Waals surface area contributed by atoms with Crippen LogP contribution in [0.15, 0.2) is 18.2 Å². The largest absolute Gasteiger partial charge is 0.389 e. The molecule has 1 fully saturated rings. The van der Waals surface area contributed by atoms with Crippen LogP contribution >= 0.6 is 0 Å². The third-order valence-electron chi connectivity index (χ3n) is 2.56. The number of nitrogens with zero attached hydrogens (tertiary/aromatic N) is 1. The zero-order valence-electron chi connectivity index (χ0n) is 8.49. The fraction of sp³-hybridized carbons (Fsp3) is 0.364. The highest BCUT2D eigenvalue weighted by Crippen LogP contribution is 2.14. The van der Waals surface area contributed by atoms with Crippen molar-refractivity contribution >= 4 is 5.91 Å². The number of halogens is 2. The van der Waals surface area contributed by atoms with Gasteiger partial charge < -0.3 is 10.0 Å². The summed E-state index contributed by atoms with van der Waals surface area (Å²) >= 11 is 0. The van der Waals surface area contributed by atoms with Crippen molar-refractivity contribution in [2.75, 3.05) is 13.1 Å². The molecule has 1 amide bonds. The predicted molar refractivity (Wildman–Crippen MR) is 52.6 cm³/mol. The van der Waals surface area contributed by atoms with E-state index in [0.717, 1.165) is 18.2 Å². The number of amides is 1. The average Bonchev–Trinajstić information content (AvgIpc) is 2.19. The van der Waals surface area contributed by atoms with Crippen molar-refractivity contribution in [1.82, 2.24) is 4.90 Å². The van der Waals surface area contributed by atoms with E-state index in [1.54, 1.807) is 0 Å². The molecule has 0 unspecified atom stereocenters. The summed E-state index contributed by atoms with van der Waals surface area (Å²) in [6, 6.07) is 3.03. The minimum Gasteiger partial charge on any atom is -0.389 e. The van der Waals surface area contributed by atoms with E-state index in [2.05, 4.69) is 0 Å². The molecule has 1 aromatic rings. The molecule has 1 aromatic carbocycles. The van der Waals surface area contributed by atoms with Crippen molar-refractivity contribution in [2.45, 2.75) is 12.5 Å². The zero-order chi connectivity index (χ0) is 11.7. The van der Waals surface area contributed by atoms with Gasteiger partial charge in [-0.2, -0.15) is 0 Å². The highest BCUT2D eigenvalue weighted by Gasteiger charge is 2.28. The lowest BCUT2D eigenvalue weighted by Gasteiger charge is -2.35. The van der Waals surface area contributed by atoms with E-state index >= 15 is 0 Å². The van der Waals surface area contributed by atoms with E-state index in [9.17, 15) is 13.6 Å². The van der Waals surface area contributed by atoms with E-state index in [4.69, 9.17) is 5.11 Å². The Morgan fingerprint density at radius 3 is 2.75 bits per heavy atom. The van der Waals surface area contributed by atoms with Crippen molar-refractivity contribution < 1.29 is 18.7 Å². The standard InChI is InChI=1S/C11H11F2NO2/c12-8-1-2-10(13)7(3-8)4-11(16)14-5-9(15)6-14/h1-3,9,15H,4-6H2. The maximum atomic E-state index is 13.2. The number of benzene rings is 1. The molecule has 0 spiro atoms. The second kappa shape index (κ2) is 4.17. The number of likely N-dealkylation sites (tertiary alicyclic amines) is 1. The third kappa shape index (κ3) is 2.19. The van der Waals surface area contributed by atoms with Crippen LogP contribution in [0.1, 0.15) is 5.56 Å². The van der Waals surface area contributed by atoms with Crippen molar-refractivity contribution in [1.29, 1.82) is 0 Å². The number of β-amino-alcohol motifs (C(OH)–C–C–N with tert-alkyl or cyclic N) is 1. The molecule has 1 aliphatic rings. The summed E-state index contributed by atoms with van der Waals surface area (Å²) in [5.74, 6) is -1.45. The minimum atomic E-state index is -0.587. The molecule has 3 nitrogen and oxygen atoms in total. The van der Waals surface area contributed by atoms with Crippen LogP contribution in [0.4, 0.5) is 8.78 Å². The quantitative estimate of drug-likeness (QED) is 0.808. The van der Waals surface area contributed by atoms with Gasteiger partial charge in [0.2, 0.25) is 5.91 Å². The highest BCUT2D eigenvalue weighted by molar-refractivity contribution is 5.79.